The summed E-state index contributed by atoms with van der Waals surface area (Å²) >= 11 is 6.37. The number of hydrogen-bond donors (Lipinski definition) is 2. The van der Waals surface area contributed by atoms with Gasteiger partial charge >= 0.3 is 0 Å². The maximum absolute atomic E-state index is 14.5. The van der Waals surface area contributed by atoms with Crippen molar-refractivity contribution in [3.63, 3.8) is 0 Å². The normalized spacial score (nSPS) is 19.9. The first-order valence-electron chi connectivity index (χ1n) is 15.6. The molecule has 1 aliphatic carbocycles. The van der Waals surface area contributed by atoms with Crippen molar-refractivity contribution in [1.29, 1.82) is 0 Å². The average Bonchev–Trinajstić information content (AvgIpc) is 3.86. The number of halogens is 1. The van der Waals surface area contributed by atoms with Gasteiger partial charge in [0.15, 0.2) is 0 Å². The van der Waals surface area contributed by atoms with E-state index in [0.717, 1.165) is 84.9 Å². The zero-order valence-corrected chi connectivity index (χ0v) is 26.3. The molecule has 7 heteroatoms. The summed E-state index contributed by atoms with van der Waals surface area (Å²) in [6, 6.07) is 23.8. The number of nitrogens with zero attached hydrogens (tertiary/aromatic N) is 2. The van der Waals surface area contributed by atoms with Crippen LogP contribution in [0, 0.1) is 6.92 Å². The number of carbonyl (C=O) groups excluding carboxylic acids is 1. The lowest BCUT2D eigenvalue weighted by Gasteiger charge is -2.41. The number of benzene rings is 3. The molecule has 6 rings (SSSR count). The quantitative estimate of drug-likeness (QED) is 0.301. The first-order valence-corrected chi connectivity index (χ1v) is 15.9. The van der Waals surface area contributed by atoms with Gasteiger partial charge in [0.2, 0.25) is 0 Å². The molecule has 1 saturated heterocycles. The number of methoxy groups -OCH3 is 1. The van der Waals surface area contributed by atoms with Gasteiger partial charge in [-0.25, -0.2) is 0 Å². The molecule has 0 radical (unpaired) electrons. The molecule has 2 bridgehead atoms. The summed E-state index contributed by atoms with van der Waals surface area (Å²) in [6.07, 6.45) is 3.94. The smallest absolute Gasteiger partial charge is 0.252 e. The molecule has 2 aliphatic heterocycles. The van der Waals surface area contributed by atoms with Crippen LogP contribution in [0.4, 0.5) is 0 Å². The van der Waals surface area contributed by atoms with Crippen LogP contribution in [0.2, 0.25) is 5.02 Å². The van der Waals surface area contributed by atoms with E-state index in [1.165, 1.54) is 16.7 Å². The molecule has 3 aromatic carbocycles. The Morgan fingerprint density at radius 2 is 1.74 bits per heavy atom. The molecule has 43 heavy (non-hydrogen) atoms. The number of likely N-dealkylation sites (N-methyl/N-ethyl adjacent to an activating group) is 1. The number of ether oxygens (including phenoxy) is 1. The summed E-state index contributed by atoms with van der Waals surface area (Å²) in [5, 5.41) is 8.14. The first kappa shape index (κ1) is 29.9. The summed E-state index contributed by atoms with van der Waals surface area (Å²) < 4.78 is 5.58. The second kappa shape index (κ2) is 13.2. The van der Waals surface area contributed by atoms with Gasteiger partial charge in [0.25, 0.3) is 5.91 Å². The summed E-state index contributed by atoms with van der Waals surface area (Å²) in [5.74, 6) is 1.04. The number of piperazine rings is 1. The van der Waals surface area contributed by atoms with Crippen molar-refractivity contribution >= 4 is 23.1 Å². The van der Waals surface area contributed by atoms with Crippen LogP contribution in [0.3, 0.4) is 0 Å². The molecule has 0 spiro atoms. The Bertz CT molecular complexity index is 1480. The minimum atomic E-state index is 0.0146. The fourth-order valence-electron chi connectivity index (χ4n) is 6.57. The van der Waals surface area contributed by atoms with E-state index < -0.39 is 0 Å². The van der Waals surface area contributed by atoms with Gasteiger partial charge in [-0.3, -0.25) is 4.79 Å². The van der Waals surface area contributed by atoms with Gasteiger partial charge in [-0.1, -0.05) is 66.2 Å². The Balaban J connectivity index is 1.22. The molecule has 226 valence electrons. The fraction of sp³-hybridized carbons (Fsp3) is 0.417. The highest BCUT2D eigenvalue weighted by molar-refractivity contribution is 6.31. The van der Waals surface area contributed by atoms with Crippen molar-refractivity contribution in [2.75, 3.05) is 33.8 Å². The van der Waals surface area contributed by atoms with Crippen molar-refractivity contribution < 1.29 is 9.53 Å². The molecule has 6 nitrogen and oxygen atoms in total. The van der Waals surface area contributed by atoms with Crippen LogP contribution in [0.15, 0.2) is 72.3 Å². The van der Waals surface area contributed by atoms with Crippen molar-refractivity contribution in [3.05, 3.63) is 105 Å². The third-order valence-electron chi connectivity index (χ3n) is 9.22. The minimum absolute atomic E-state index is 0.0146. The third kappa shape index (κ3) is 6.83. The summed E-state index contributed by atoms with van der Waals surface area (Å²) in [4.78, 5) is 18.9. The third-order valence-corrected chi connectivity index (χ3v) is 9.59. The number of rotatable bonds is 11. The van der Waals surface area contributed by atoms with E-state index in [9.17, 15) is 4.79 Å². The Morgan fingerprint density at radius 3 is 2.49 bits per heavy atom. The van der Waals surface area contributed by atoms with Crippen LogP contribution < -0.4 is 15.4 Å². The molecule has 3 aromatic rings. The van der Waals surface area contributed by atoms with Crippen LogP contribution in [-0.2, 0) is 24.3 Å². The van der Waals surface area contributed by atoms with Crippen LogP contribution in [0.1, 0.15) is 47.1 Å². The molecular weight excluding hydrogens is 556 g/mol. The fourth-order valence-corrected chi connectivity index (χ4v) is 6.77. The van der Waals surface area contributed by atoms with E-state index in [1.54, 1.807) is 7.11 Å². The zero-order chi connectivity index (χ0) is 29.9. The second-order valence-electron chi connectivity index (χ2n) is 12.4. The minimum Gasteiger partial charge on any atom is -0.496 e. The standard InChI is InChI=1S/C36H43ClN4O2/c1-24-27(8-6-10-34(24)43-3)23-41(30-15-16-30)36(42)35-31(19-29-20-38-21-33(35)39-29)26-13-11-25(12-14-26)17-18-40(2)22-28-7-4-5-9-32(28)37/h4-14,29-30,33,38-39H,15-23H2,1-3H3/t29-,33+/m0/s1. The highest BCUT2D eigenvalue weighted by Gasteiger charge is 2.41. The second-order valence-corrected chi connectivity index (χ2v) is 12.8. The number of carbonyl (C=O) groups is 1. The zero-order valence-electron chi connectivity index (χ0n) is 25.5. The Morgan fingerprint density at radius 1 is 0.977 bits per heavy atom. The van der Waals surface area contributed by atoms with Crippen LogP contribution >= 0.6 is 11.6 Å². The Hall–Kier alpha value is -3.16. The molecule has 0 unspecified atom stereocenters. The molecule has 2 fully saturated rings. The SMILES string of the molecule is COc1cccc(CN(C(=O)C2=C(c3ccc(CCN(C)Cc4ccccc4Cl)cc3)C[C@H]3CNC[C@H]2N3)C2CC2)c1C. The van der Waals surface area contributed by atoms with Crippen LogP contribution in [0.5, 0.6) is 5.75 Å². The van der Waals surface area contributed by atoms with Crippen molar-refractivity contribution in [2.24, 2.45) is 0 Å². The van der Waals surface area contributed by atoms with E-state index in [4.69, 9.17) is 16.3 Å². The van der Waals surface area contributed by atoms with Crippen molar-refractivity contribution in [3.8, 4) is 5.75 Å². The topological polar surface area (TPSA) is 56.8 Å². The maximum Gasteiger partial charge on any atom is 0.252 e. The van der Waals surface area contributed by atoms with Gasteiger partial charge in [0, 0.05) is 55.4 Å². The van der Waals surface area contributed by atoms with E-state index in [-0.39, 0.29) is 11.9 Å². The highest BCUT2D eigenvalue weighted by Crippen LogP contribution is 2.37. The molecule has 1 saturated carbocycles. The van der Waals surface area contributed by atoms with Gasteiger partial charge in [0.05, 0.1) is 13.2 Å². The predicted octanol–water partition coefficient (Wildman–Crippen LogP) is 5.61. The van der Waals surface area contributed by atoms with Crippen molar-refractivity contribution in [1.82, 2.24) is 20.4 Å². The number of nitrogens with one attached hydrogen (secondary N) is 2. The number of amides is 1. The molecule has 3 aliphatic rings. The van der Waals surface area contributed by atoms with Gasteiger partial charge in [-0.15, -0.1) is 0 Å². The molecule has 2 atom stereocenters. The van der Waals surface area contributed by atoms with Gasteiger partial charge in [-0.05, 0) is 85.2 Å². The predicted molar refractivity (Wildman–Crippen MR) is 174 cm³/mol. The van der Waals surface area contributed by atoms with E-state index in [2.05, 4.69) is 70.8 Å². The van der Waals surface area contributed by atoms with E-state index in [1.807, 2.05) is 30.3 Å². The van der Waals surface area contributed by atoms with Gasteiger partial charge < -0.3 is 25.2 Å². The van der Waals surface area contributed by atoms with Crippen LogP contribution in [0.25, 0.3) is 5.57 Å². The number of fused-ring (bicyclic) bond motifs is 2. The molecule has 1 amide bonds. The molecule has 0 aromatic heterocycles. The summed E-state index contributed by atoms with van der Waals surface area (Å²) in [6.45, 7) is 6.15. The van der Waals surface area contributed by atoms with Gasteiger partial charge in [-0.2, -0.15) is 0 Å². The van der Waals surface area contributed by atoms with E-state index in [0.29, 0.717) is 18.6 Å². The lowest BCUT2D eigenvalue weighted by Crippen LogP contribution is -2.60. The van der Waals surface area contributed by atoms with Gasteiger partial charge in [0.1, 0.15) is 5.75 Å². The molecule has 2 N–H and O–H groups in total. The van der Waals surface area contributed by atoms with E-state index >= 15 is 0 Å². The average molecular weight is 599 g/mol. The van der Waals surface area contributed by atoms with Crippen LogP contribution in [-0.4, -0.2) is 67.6 Å². The monoisotopic (exact) mass is 598 g/mol. The molecule has 2 heterocycles. The Kier molecular flexibility index (Phi) is 9.20. The first-order chi connectivity index (χ1) is 20.9. The summed E-state index contributed by atoms with van der Waals surface area (Å²) in [7, 11) is 3.85. The largest absolute Gasteiger partial charge is 0.496 e. The lowest BCUT2D eigenvalue weighted by molar-refractivity contribution is -0.128. The van der Waals surface area contributed by atoms with Crippen molar-refractivity contribution in [2.45, 2.75) is 63.8 Å². The summed E-state index contributed by atoms with van der Waals surface area (Å²) in [5.41, 5.74) is 8.01. The number of hydrogen-bond acceptors (Lipinski definition) is 5. The Labute approximate surface area is 261 Å². The maximum atomic E-state index is 14.5. The highest BCUT2D eigenvalue weighted by atomic mass is 35.5. The molecular formula is C36H43ClN4O2. The lowest BCUT2D eigenvalue weighted by atomic mass is 9.83.